The van der Waals surface area contributed by atoms with E-state index in [4.69, 9.17) is 4.98 Å². The predicted octanol–water partition coefficient (Wildman–Crippen LogP) is 3.89. The van der Waals surface area contributed by atoms with Gasteiger partial charge in [-0.3, -0.25) is 4.79 Å². The molecule has 1 amide bonds. The molecule has 2 aromatic heterocycles. The maximum absolute atomic E-state index is 12.8. The Balaban J connectivity index is 1.67. The molecule has 8 nitrogen and oxygen atoms in total. The summed E-state index contributed by atoms with van der Waals surface area (Å²) in [5.41, 5.74) is 4.18. The highest BCUT2D eigenvalue weighted by Crippen LogP contribution is 2.33. The summed E-state index contributed by atoms with van der Waals surface area (Å²) in [7, 11) is 1.04. The molecule has 1 saturated heterocycles. The maximum atomic E-state index is 12.8. The van der Waals surface area contributed by atoms with Crippen molar-refractivity contribution in [3.8, 4) is 0 Å². The van der Waals surface area contributed by atoms with Crippen molar-refractivity contribution in [1.29, 1.82) is 0 Å². The fourth-order valence-corrected chi connectivity index (χ4v) is 5.64. The zero-order valence-electron chi connectivity index (χ0n) is 19.0. The average molecular weight is 468 g/mol. The van der Waals surface area contributed by atoms with Gasteiger partial charge in [-0.1, -0.05) is 13.0 Å². The van der Waals surface area contributed by atoms with Crippen LogP contribution in [0.15, 0.2) is 30.5 Å². The van der Waals surface area contributed by atoms with E-state index in [0.29, 0.717) is 18.2 Å². The fourth-order valence-electron chi connectivity index (χ4n) is 4.29. The molecule has 1 fully saturated rings. The van der Waals surface area contributed by atoms with Crippen LogP contribution in [0.4, 0.5) is 5.69 Å². The van der Waals surface area contributed by atoms with Crippen LogP contribution in [0, 0.1) is 0 Å². The number of carbonyl (C=O) groups is 2. The van der Waals surface area contributed by atoms with E-state index in [9.17, 15) is 14.7 Å². The second kappa shape index (κ2) is 10.3. The number of aromatic nitrogens is 3. The average Bonchev–Trinajstić information content (AvgIpc) is 3.26. The molecule has 1 aromatic carbocycles. The first-order valence-electron chi connectivity index (χ1n) is 11.5. The van der Waals surface area contributed by atoms with Crippen LogP contribution in [-0.2, 0) is 19.5 Å². The second-order valence-electron chi connectivity index (χ2n) is 8.20. The molecule has 0 unspecified atom stereocenters. The van der Waals surface area contributed by atoms with Crippen molar-refractivity contribution >= 4 is 37.2 Å². The highest BCUT2D eigenvalue weighted by Gasteiger charge is 2.22. The third kappa shape index (κ3) is 5.01. The number of nitrogens with one attached hydrogen (secondary N) is 2. The van der Waals surface area contributed by atoms with Gasteiger partial charge in [0.1, 0.15) is 0 Å². The molecule has 174 valence electrons. The number of aryl methyl sites for hydroxylation is 2. The van der Waals surface area contributed by atoms with Crippen molar-refractivity contribution in [2.24, 2.45) is 0 Å². The molecule has 0 aliphatic carbocycles. The molecule has 0 bridgehead atoms. The fraction of sp³-hybridized carbons (Fsp3) is 0.417. The van der Waals surface area contributed by atoms with Crippen LogP contribution >= 0.6 is 8.58 Å². The van der Waals surface area contributed by atoms with Crippen molar-refractivity contribution in [1.82, 2.24) is 20.1 Å². The molecule has 0 spiro atoms. The van der Waals surface area contributed by atoms with Gasteiger partial charge in [0.2, 0.25) is 0 Å². The molecule has 4 rings (SSSR count). The van der Waals surface area contributed by atoms with E-state index in [2.05, 4.69) is 22.7 Å². The minimum Gasteiger partial charge on any atom is -0.478 e. The minimum absolute atomic E-state index is 0.0901. The lowest BCUT2D eigenvalue weighted by Gasteiger charge is -2.26. The number of hydrogen-bond donors (Lipinski definition) is 3. The summed E-state index contributed by atoms with van der Waals surface area (Å²) in [6.07, 6.45) is 7.35. The first kappa shape index (κ1) is 23.2. The first-order chi connectivity index (χ1) is 16.0. The molecule has 1 aliphatic rings. The first-order valence-corrected chi connectivity index (χ1v) is 12.9. The Kier molecular flexibility index (Phi) is 7.23. The summed E-state index contributed by atoms with van der Waals surface area (Å²) < 4.78 is 1.90. The van der Waals surface area contributed by atoms with E-state index in [0.717, 1.165) is 62.4 Å². The molecule has 3 N–H and O–H groups in total. The van der Waals surface area contributed by atoms with Crippen molar-refractivity contribution in [2.45, 2.75) is 52.2 Å². The molecule has 0 atom stereocenters. The normalized spacial score (nSPS) is 16.7. The van der Waals surface area contributed by atoms with Crippen LogP contribution in [-0.4, -0.2) is 50.1 Å². The van der Waals surface area contributed by atoms with Crippen molar-refractivity contribution in [3.05, 3.63) is 52.8 Å². The SMILES string of the molecule is CCc1nc2c(cnn2CC)c(NC2CCPCC2)c1CNC(=O)c1cccc(C(=O)O)c1. The topological polar surface area (TPSA) is 109 Å². The number of aromatic carboxylic acids is 1. The zero-order valence-corrected chi connectivity index (χ0v) is 20.0. The lowest BCUT2D eigenvalue weighted by atomic mass is 10.0. The number of carboxylic acid groups (broad SMARTS) is 1. The Bertz CT molecular complexity index is 1170. The van der Waals surface area contributed by atoms with E-state index in [1.807, 2.05) is 17.8 Å². The molecule has 3 heterocycles. The summed E-state index contributed by atoms with van der Waals surface area (Å²) in [6.45, 7) is 5.15. The summed E-state index contributed by atoms with van der Waals surface area (Å²) >= 11 is 0. The van der Waals surface area contributed by atoms with Gasteiger partial charge in [0.25, 0.3) is 5.91 Å². The van der Waals surface area contributed by atoms with Gasteiger partial charge < -0.3 is 15.7 Å². The predicted molar refractivity (Wildman–Crippen MR) is 132 cm³/mol. The number of carbonyl (C=O) groups excluding carboxylic acids is 1. The Hall–Kier alpha value is -2.99. The molecule has 33 heavy (non-hydrogen) atoms. The number of amides is 1. The largest absolute Gasteiger partial charge is 0.478 e. The van der Waals surface area contributed by atoms with E-state index in [1.54, 1.807) is 12.1 Å². The smallest absolute Gasteiger partial charge is 0.335 e. The number of hydrogen-bond acceptors (Lipinski definition) is 5. The van der Waals surface area contributed by atoms with Gasteiger partial charge in [-0.15, -0.1) is 8.58 Å². The summed E-state index contributed by atoms with van der Waals surface area (Å²) in [5, 5.41) is 21.5. The summed E-state index contributed by atoms with van der Waals surface area (Å²) in [6, 6.07) is 6.47. The zero-order chi connectivity index (χ0) is 23.4. The van der Waals surface area contributed by atoms with E-state index in [1.165, 1.54) is 24.5 Å². The molecule has 9 heteroatoms. The third-order valence-electron chi connectivity index (χ3n) is 6.09. The van der Waals surface area contributed by atoms with Gasteiger partial charge >= 0.3 is 5.97 Å². The number of nitrogens with zero attached hydrogens (tertiary/aromatic N) is 3. The number of rotatable bonds is 8. The monoisotopic (exact) mass is 467 g/mol. The van der Waals surface area contributed by atoms with Gasteiger partial charge in [0, 0.05) is 36.0 Å². The van der Waals surface area contributed by atoms with Crippen molar-refractivity contribution in [3.63, 3.8) is 0 Å². The number of benzene rings is 1. The molecular weight excluding hydrogens is 437 g/mol. The van der Waals surface area contributed by atoms with Crippen LogP contribution in [0.2, 0.25) is 0 Å². The highest BCUT2D eigenvalue weighted by atomic mass is 31.1. The highest BCUT2D eigenvalue weighted by molar-refractivity contribution is 7.38. The number of anilines is 1. The minimum atomic E-state index is -1.06. The standard InChI is InChI=1S/C24H30N5O3P/c1-3-20-18(13-25-23(30)15-6-5-7-16(12-15)24(31)32)21(27-17-8-10-33-11-9-17)19-14-26-29(4-2)22(19)28-20/h5-7,12,14,17,33H,3-4,8-11,13H2,1-2H3,(H,25,30)(H,27,28)(H,31,32). The lowest BCUT2D eigenvalue weighted by Crippen LogP contribution is -2.28. The summed E-state index contributed by atoms with van der Waals surface area (Å²) in [4.78, 5) is 29.0. The van der Waals surface area contributed by atoms with Gasteiger partial charge in [-0.2, -0.15) is 5.10 Å². The number of pyridine rings is 1. The maximum Gasteiger partial charge on any atom is 0.335 e. The van der Waals surface area contributed by atoms with Gasteiger partial charge in [0.05, 0.1) is 22.8 Å². The van der Waals surface area contributed by atoms with Crippen LogP contribution in [0.5, 0.6) is 0 Å². The molecule has 3 aromatic rings. The van der Waals surface area contributed by atoms with Gasteiger partial charge in [0.15, 0.2) is 5.65 Å². The Morgan fingerprint density at radius 1 is 1.21 bits per heavy atom. The van der Waals surface area contributed by atoms with Crippen LogP contribution in [0.25, 0.3) is 11.0 Å². The van der Waals surface area contributed by atoms with Gasteiger partial charge in [-0.05, 0) is 56.7 Å². The van der Waals surface area contributed by atoms with E-state index >= 15 is 0 Å². The molecule has 1 aliphatic heterocycles. The number of carboxylic acids is 1. The molecule has 0 saturated carbocycles. The Morgan fingerprint density at radius 3 is 2.67 bits per heavy atom. The lowest BCUT2D eigenvalue weighted by molar-refractivity contribution is 0.0697. The number of fused-ring (bicyclic) bond motifs is 1. The quantitative estimate of drug-likeness (QED) is 0.434. The molecule has 0 radical (unpaired) electrons. The van der Waals surface area contributed by atoms with Crippen LogP contribution < -0.4 is 10.6 Å². The summed E-state index contributed by atoms with van der Waals surface area (Å²) in [5.74, 6) is -1.37. The second-order valence-corrected chi connectivity index (χ2v) is 9.70. The Labute approximate surface area is 195 Å². The van der Waals surface area contributed by atoms with E-state index in [-0.39, 0.29) is 11.5 Å². The Morgan fingerprint density at radius 2 is 1.97 bits per heavy atom. The van der Waals surface area contributed by atoms with E-state index < -0.39 is 5.97 Å². The van der Waals surface area contributed by atoms with Crippen molar-refractivity contribution < 1.29 is 14.7 Å². The molecular formula is C24H30N5O3P. The van der Waals surface area contributed by atoms with Gasteiger partial charge in [-0.25, -0.2) is 14.5 Å². The van der Waals surface area contributed by atoms with Crippen molar-refractivity contribution in [2.75, 3.05) is 17.6 Å². The van der Waals surface area contributed by atoms with Crippen LogP contribution in [0.1, 0.15) is 58.7 Å². The van der Waals surface area contributed by atoms with Crippen LogP contribution in [0.3, 0.4) is 0 Å². The third-order valence-corrected chi connectivity index (χ3v) is 7.38.